The maximum atomic E-state index is 12.6. The molecule has 1 aromatic heterocycles. The van der Waals surface area contributed by atoms with Gasteiger partial charge in [0.05, 0.1) is 11.8 Å². The molecule has 3 rings (SSSR count). The zero-order chi connectivity index (χ0) is 16.6. The smallest absolute Gasteiger partial charge is 0.274 e. The van der Waals surface area contributed by atoms with Gasteiger partial charge in [-0.05, 0) is 46.5 Å². The van der Waals surface area contributed by atoms with Crippen molar-refractivity contribution in [2.45, 2.75) is 70.7 Å². The summed E-state index contributed by atoms with van der Waals surface area (Å²) in [6, 6.07) is 0.655. The van der Waals surface area contributed by atoms with Crippen LogP contribution >= 0.6 is 0 Å². The lowest BCUT2D eigenvalue weighted by atomic mass is 10.1. The van der Waals surface area contributed by atoms with Crippen molar-refractivity contribution in [3.63, 3.8) is 0 Å². The molecule has 128 valence electrons. The third-order valence-corrected chi connectivity index (χ3v) is 5.09. The number of aliphatic hydroxyl groups is 1. The molecule has 0 bridgehead atoms. The molecule has 1 aromatic rings. The summed E-state index contributed by atoms with van der Waals surface area (Å²) in [7, 11) is 0. The summed E-state index contributed by atoms with van der Waals surface area (Å²) in [4.78, 5) is 14.9. The summed E-state index contributed by atoms with van der Waals surface area (Å²) in [6.07, 6.45) is 3.79. The molecule has 2 fully saturated rings. The van der Waals surface area contributed by atoms with Gasteiger partial charge >= 0.3 is 0 Å². The second-order valence-electron chi connectivity index (χ2n) is 7.08. The van der Waals surface area contributed by atoms with Crippen LogP contribution < -0.4 is 5.32 Å². The van der Waals surface area contributed by atoms with E-state index in [1.807, 2.05) is 20.8 Å². The molecule has 2 N–H and O–H groups in total. The maximum Gasteiger partial charge on any atom is 0.274 e. The Morgan fingerprint density at radius 2 is 2.13 bits per heavy atom. The topological polar surface area (TPSA) is 83.3 Å². The lowest BCUT2D eigenvalue weighted by molar-refractivity contribution is 0.0900. The van der Waals surface area contributed by atoms with Gasteiger partial charge in [-0.1, -0.05) is 5.21 Å². The van der Waals surface area contributed by atoms with E-state index in [1.54, 1.807) is 4.68 Å². The van der Waals surface area contributed by atoms with Crippen molar-refractivity contribution < 1.29 is 9.90 Å². The SMILES string of the molecule is Cc1c(C(=O)N[C@@H]2CCC[C@@H]2N2CCC(O)C2)nnn1C(C)C. The first kappa shape index (κ1) is 16.4. The Kier molecular flexibility index (Phi) is 4.68. The zero-order valence-electron chi connectivity index (χ0n) is 14.2. The highest BCUT2D eigenvalue weighted by atomic mass is 16.3. The van der Waals surface area contributed by atoms with Crippen LogP contribution in [-0.2, 0) is 0 Å². The van der Waals surface area contributed by atoms with Gasteiger partial charge in [-0.3, -0.25) is 9.69 Å². The van der Waals surface area contributed by atoms with Crippen LogP contribution in [0.3, 0.4) is 0 Å². The summed E-state index contributed by atoms with van der Waals surface area (Å²) < 4.78 is 1.78. The second-order valence-corrected chi connectivity index (χ2v) is 7.08. The highest BCUT2D eigenvalue weighted by Crippen LogP contribution is 2.27. The van der Waals surface area contributed by atoms with Gasteiger partial charge in [0.2, 0.25) is 0 Å². The standard InChI is InChI=1S/C16H27N5O2/c1-10(2)21-11(3)15(18-19-21)16(23)17-13-5-4-6-14(13)20-8-7-12(22)9-20/h10,12-14,22H,4-9H2,1-3H3,(H,17,23)/t12?,13-,14+/m1/s1. The van der Waals surface area contributed by atoms with Crippen LogP contribution in [0.1, 0.15) is 61.8 Å². The molecular weight excluding hydrogens is 294 g/mol. The molecule has 2 heterocycles. The number of β-amino-alcohol motifs (C(OH)–C–C–N with tert-alkyl or cyclic N) is 1. The highest BCUT2D eigenvalue weighted by molar-refractivity contribution is 5.93. The minimum Gasteiger partial charge on any atom is -0.392 e. The van der Waals surface area contributed by atoms with Crippen molar-refractivity contribution in [2.75, 3.05) is 13.1 Å². The van der Waals surface area contributed by atoms with Gasteiger partial charge in [0, 0.05) is 31.2 Å². The molecule has 1 saturated carbocycles. The van der Waals surface area contributed by atoms with E-state index in [0.29, 0.717) is 11.7 Å². The molecule has 1 aliphatic carbocycles. The minimum absolute atomic E-state index is 0.133. The number of hydrogen-bond acceptors (Lipinski definition) is 5. The Labute approximate surface area is 137 Å². The Bertz CT molecular complexity index is 571. The maximum absolute atomic E-state index is 12.6. The van der Waals surface area contributed by atoms with Gasteiger partial charge in [-0.15, -0.1) is 5.10 Å². The van der Waals surface area contributed by atoms with Crippen LogP contribution in [-0.4, -0.2) is 62.2 Å². The Morgan fingerprint density at radius 1 is 1.35 bits per heavy atom. The third-order valence-electron chi connectivity index (χ3n) is 5.09. The first-order valence-corrected chi connectivity index (χ1v) is 8.62. The average Bonchev–Trinajstić information content (AvgIpc) is 3.18. The van der Waals surface area contributed by atoms with Gasteiger partial charge in [0.15, 0.2) is 5.69 Å². The fraction of sp³-hybridized carbons (Fsp3) is 0.812. The average molecular weight is 321 g/mol. The summed E-state index contributed by atoms with van der Waals surface area (Å²) in [5.41, 5.74) is 1.23. The summed E-state index contributed by atoms with van der Waals surface area (Å²) in [6.45, 7) is 7.57. The number of nitrogens with one attached hydrogen (secondary N) is 1. The molecule has 1 aliphatic heterocycles. The van der Waals surface area contributed by atoms with Crippen molar-refractivity contribution in [2.24, 2.45) is 0 Å². The monoisotopic (exact) mass is 321 g/mol. The first-order valence-electron chi connectivity index (χ1n) is 8.62. The number of likely N-dealkylation sites (tertiary alicyclic amines) is 1. The number of aliphatic hydroxyl groups excluding tert-OH is 1. The second kappa shape index (κ2) is 6.57. The van der Waals surface area contributed by atoms with E-state index in [1.165, 1.54) is 0 Å². The number of nitrogens with zero attached hydrogens (tertiary/aromatic N) is 4. The van der Waals surface area contributed by atoms with E-state index < -0.39 is 0 Å². The molecule has 0 spiro atoms. The van der Waals surface area contributed by atoms with Crippen molar-refractivity contribution in [3.05, 3.63) is 11.4 Å². The molecule has 1 saturated heterocycles. The lowest BCUT2D eigenvalue weighted by Gasteiger charge is -2.29. The predicted octanol–water partition coefficient (Wildman–Crippen LogP) is 0.885. The minimum atomic E-state index is -0.222. The van der Waals surface area contributed by atoms with E-state index in [0.717, 1.165) is 44.5 Å². The molecule has 0 radical (unpaired) electrons. The summed E-state index contributed by atoms with van der Waals surface area (Å²) >= 11 is 0. The number of carbonyl (C=O) groups excluding carboxylic acids is 1. The first-order chi connectivity index (χ1) is 11.0. The zero-order valence-corrected chi connectivity index (χ0v) is 14.2. The van der Waals surface area contributed by atoms with Gasteiger partial charge < -0.3 is 10.4 Å². The summed E-state index contributed by atoms with van der Waals surface area (Å²) in [5.74, 6) is -0.133. The molecule has 7 nitrogen and oxygen atoms in total. The van der Waals surface area contributed by atoms with Crippen molar-refractivity contribution in [1.82, 2.24) is 25.2 Å². The van der Waals surface area contributed by atoms with Crippen molar-refractivity contribution >= 4 is 5.91 Å². The fourth-order valence-electron chi connectivity index (χ4n) is 3.89. The lowest BCUT2D eigenvalue weighted by Crippen LogP contribution is -2.48. The number of amides is 1. The van der Waals surface area contributed by atoms with Crippen molar-refractivity contribution in [1.29, 1.82) is 0 Å². The summed E-state index contributed by atoms with van der Waals surface area (Å²) in [5, 5.41) is 21.0. The van der Waals surface area contributed by atoms with Crippen LogP contribution in [0, 0.1) is 6.92 Å². The van der Waals surface area contributed by atoms with Crippen LogP contribution in [0.5, 0.6) is 0 Å². The van der Waals surface area contributed by atoms with Crippen LogP contribution in [0.25, 0.3) is 0 Å². The van der Waals surface area contributed by atoms with E-state index in [-0.39, 0.29) is 24.1 Å². The highest BCUT2D eigenvalue weighted by Gasteiger charge is 2.37. The number of hydrogen-bond donors (Lipinski definition) is 2. The molecule has 1 amide bonds. The third kappa shape index (κ3) is 3.26. The number of carbonyl (C=O) groups is 1. The van der Waals surface area contributed by atoms with E-state index >= 15 is 0 Å². The fourth-order valence-corrected chi connectivity index (χ4v) is 3.89. The molecule has 7 heteroatoms. The van der Waals surface area contributed by atoms with Crippen LogP contribution in [0.15, 0.2) is 0 Å². The van der Waals surface area contributed by atoms with Gasteiger partial charge in [0.1, 0.15) is 0 Å². The molecular formula is C16H27N5O2. The van der Waals surface area contributed by atoms with Gasteiger partial charge in [-0.2, -0.15) is 0 Å². The van der Waals surface area contributed by atoms with Crippen LogP contribution in [0.2, 0.25) is 0 Å². The molecule has 2 aliphatic rings. The Balaban J connectivity index is 1.67. The Hall–Kier alpha value is -1.47. The largest absolute Gasteiger partial charge is 0.392 e. The van der Waals surface area contributed by atoms with Crippen LogP contribution in [0.4, 0.5) is 0 Å². The van der Waals surface area contributed by atoms with Gasteiger partial charge in [0.25, 0.3) is 5.91 Å². The predicted molar refractivity (Wildman–Crippen MR) is 86.2 cm³/mol. The molecule has 0 aromatic carbocycles. The number of rotatable bonds is 4. The van der Waals surface area contributed by atoms with E-state index in [4.69, 9.17) is 0 Å². The molecule has 3 atom stereocenters. The van der Waals surface area contributed by atoms with E-state index in [2.05, 4.69) is 20.5 Å². The van der Waals surface area contributed by atoms with Crippen molar-refractivity contribution in [3.8, 4) is 0 Å². The molecule has 23 heavy (non-hydrogen) atoms. The van der Waals surface area contributed by atoms with Gasteiger partial charge in [-0.25, -0.2) is 4.68 Å². The quantitative estimate of drug-likeness (QED) is 0.860. The Morgan fingerprint density at radius 3 is 2.74 bits per heavy atom. The van der Waals surface area contributed by atoms with E-state index in [9.17, 15) is 9.90 Å². The number of aromatic nitrogens is 3. The normalized spacial score (nSPS) is 28.7. The molecule has 1 unspecified atom stereocenters.